The van der Waals surface area contributed by atoms with Crippen LogP contribution in [0.3, 0.4) is 0 Å². The van der Waals surface area contributed by atoms with Gasteiger partial charge in [0.05, 0.1) is 19.3 Å². The minimum atomic E-state index is -3.31. The smallest absolute Gasteiger partial charge is 0.359 e. The molecule has 6 heteroatoms. The van der Waals surface area contributed by atoms with Gasteiger partial charge in [0.1, 0.15) is 5.78 Å². The van der Waals surface area contributed by atoms with Crippen molar-refractivity contribution in [1.29, 1.82) is 0 Å². The summed E-state index contributed by atoms with van der Waals surface area (Å²) in [6.07, 6.45) is 0.261. The molecule has 0 unspecified atom stereocenters. The average molecular weight is 250 g/mol. The van der Waals surface area contributed by atoms with Crippen LogP contribution in [0.5, 0.6) is 0 Å². The number of carbonyl (C=O) groups is 1. The van der Waals surface area contributed by atoms with Crippen LogP contribution < -0.4 is 0 Å². The minimum absolute atomic E-state index is 0.0448. The van der Waals surface area contributed by atoms with Crippen molar-refractivity contribution >= 4 is 13.4 Å². The number of hydrogen-bond donors (Lipinski definition) is 0. The molecule has 1 saturated heterocycles. The van der Waals surface area contributed by atoms with Crippen molar-refractivity contribution in [3.05, 3.63) is 0 Å². The van der Waals surface area contributed by atoms with Crippen LogP contribution in [0.25, 0.3) is 0 Å². The fraction of sp³-hybridized carbons (Fsp3) is 0.900. The van der Waals surface area contributed by atoms with Crippen molar-refractivity contribution in [2.24, 2.45) is 0 Å². The van der Waals surface area contributed by atoms with Crippen LogP contribution in [-0.2, 0) is 23.1 Å². The quantitative estimate of drug-likeness (QED) is 0.701. The van der Waals surface area contributed by atoms with Gasteiger partial charge in [-0.15, -0.1) is 0 Å². The fourth-order valence-corrected chi connectivity index (χ4v) is 3.62. The van der Waals surface area contributed by atoms with Gasteiger partial charge in [-0.25, -0.2) is 0 Å². The summed E-state index contributed by atoms with van der Waals surface area (Å²) >= 11 is 0. The molecule has 0 N–H and O–H groups in total. The van der Waals surface area contributed by atoms with Crippen molar-refractivity contribution in [2.45, 2.75) is 45.6 Å². The Hall–Kier alpha value is -0.220. The number of Topliss-reactive ketones (excluding diaryl/α,β-unsaturated/α-hetero) is 1. The average Bonchev–Trinajstić information content (AvgIpc) is 2.16. The van der Waals surface area contributed by atoms with Gasteiger partial charge in [0.15, 0.2) is 5.85 Å². The topological polar surface area (TPSA) is 61.8 Å². The molecule has 0 spiro atoms. The summed E-state index contributed by atoms with van der Waals surface area (Å²) < 4.78 is 28.2. The van der Waals surface area contributed by atoms with Crippen molar-refractivity contribution in [3.8, 4) is 0 Å². The molecule has 1 aliphatic rings. The molecule has 0 amide bonds. The molecule has 0 aliphatic carbocycles. The van der Waals surface area contributed by atoms with Crippen LogP contribution >= 0.6 is 7.60 Å². The first-order valence-corrected chi connectivity index (χ1v) is 7.19. The molecule has 5 nitrogen and oxygen atoms in total. The van der Waals surface area contributed by atoms with Crippen LogP contribution in [0.15, 0.2) is 0 Å². The molecule has 1 heterocycles. The van der Waals surface area contributed by atoms with E-state index in [1.54, 1.807) is 20.8 Å². The standard InChI is InChI=1S/C10H19O5P/c1-4-13-16(12,14-5-2)10-7-9(11)6-8(3)15-10/h8,10H,4-7H2,1-3H3/t8-,10-/m1/s1. The number of hydrogen-bond acceptors (Lipinski definition) is 5. The maximum absolute atomic E-state index is 12.3. The van der Waals surface area contributed by atoms with E-state index in [-0.39, 0.29) is 31.5 Å². The largest absolute Gasteiger partial charge is 0.362 e. The Bertz CT molecular complexity index is 281. The van der Waals surface area contributed by atoms with E-state index in [1.165, 1.54) is 0 Å². The lowest BCUT2D eigenvalue weighted by Gasteiger charge is -2.31. The highest BCUT2D eigenvalue weighted by molar-refractivity contribution is 7.54. The third-order valence-corrected chi connectivity index (χ3v) is 4.52. The van der Waals surface area contributed by atoms with Gasteiger partial charge in [0, 0.05) is 12.8 Å². The summed E-state index contributed by atoms with van der Waals surface area (Å²) in [5.41, 5.74) is 0. The molecule has 0 radical (unpaired) electrons. The van der Waals surface area contributed by atoms with E-state index in [0.29, 0.717) is 6.42 Å². The molecule has 0 aromatic heterocycles. The van der Waals surface area contributed by atoms with Gasteiger partial charge in [0.2, 0.25) is 0 Å². The molecule has 94 valence electrons. The van der Waals surface area contributed by atoms with E-state index in [1.807, 2.05) is 0 Å². The molecule has 0 bridgehead atoms. The Balaban J connectivity index is 2.77. The van der Waals surface area contributed by atoms with E-state index < -0.39 is 13.4 Å². The highest BCUT2D eigenvalue weighted by atomic mass is 31.2. The molecule has 2 atom stereocenters. The van der Waals surface area contributed by atoms with E-state index in [9.17, 15) is 9.36 Å². The summed E-state index contributed by atoms with van der Waals surface area (Å²) in [6, 6.07) is 0. The van der Waals surface area contributed by atoms with Gasteiger partial charge in [-0.3, -0.25) is 9.36 Å². The van der Waals surface area contributed by atoms with Gasteiger partial charge < -0.3 is 13.8 Å². The van der Waals surface area contributed by atoms with Crippen LogP contribution in [0, 0.1) is 0 Å². The zero-order valence-electron chi connectivity index (χ0n) is 9.97. The molecule has 0 saturated carbocycles. The van der Waals surface area contributed by atoms with E-state index in [4.69, 9.17) is 13.8 Å². The molecule has 1 rings (SSSR count). The molecule has 16 heavy (non-hydrogen) atoms. The van der Waals surface area contributed by atoms with Crippen molar-refractivity contribution in [3.63, 3.8) is 0 Å². The van der Waals surface area contributed by atoms with Crippen LogP contribution in [0.4, 0.5) is 0 Å². The third-order valence-electron chi connectivity index (χ3n) is 2.28. The number of carbonyl (C=O) groups excluding carboxylic acids is 1. The summed E-state index contributed by atoms with van der Waals surface area (Å²) in [4.78, 5) is 11.4. The Morgan fingerprint density at radius 2 is 1.88 bits per heavy atom. The van der Waals surface area contributed by atoms with Crippen molar-refractivity contribution in [2.75, 3.05) is 13.2 Å². The van der Waals surface area contributed by atoms with Gasteiger partial charge >= 0.3 is 7.60 Å². The predicted octanol–water partition coefficient (Wildman–Crippen LogP) is 2.35. The highest BCUT2D eigenvalue weighted by Gasteiger charge is 2.41. The zero-order chi connectivity index (χ0) is 12.2. The normalized spacial score (nSPS) is 27.1. The lowest BCUT2D eigenvalue weighted by atomic mass is 10.1. The first-order chi connectivity index (χ1) is 7.51. The van der Waals surface area contributed by atoms with Crippen molar-refractivity contribution in [1.82, 2.24) is 0 Å². The van der Waals surface area contributed by atoms with Crippen LogP contribution in [0.2, 0.25) is 0 Å². The summed E-state index contributed by atoms with van der Waals surface area (Å²) in [5, 5.41) is 0. The fourth-order valence-electron chi connectivity index (χ4n) is 1.71. The van der Waals surface area contributed by atoms with Crippen LogP contribution in [-0.4, -0.2) is 30.9 Å². The Labute approximate surface area is 96.0 Å². The summed E-state index contributed by atoms with van der Waals surface area (Å²) in [7, 11) is -3.31. The second-order valence-electron chi connectivity index (χ2n) is 3.72. The van der Waals surface area contributed by atoms with Gasteiger partial charge in [-0.2, -0.15) is 0 Å². The lowest BCUT2D eigenvalue weighted by molar-refractivity contribution is -0.130. The van der Waals surface area contributed by atoms with Crippen molar-refractivity contribution < 1.29 is 23.1 Å². The van der Waals surface area contributed by atoms with E-state index in [2.05, 4.69) is 0 Å². The third kappa shape index (κ3) is 3.39. The molecule has 0 aromatic rings. The Morgan fingerprint density at radius 3 is 2.31 bits per heavy atom. The summed E-state index contributed by atoms with van der Waals surface area (Å²) in [6.45, 7) is 5.81. The van der Waals surface area contributed by atoms with Crippen LogP contribution in [0.1, 0.15) is 33.6 Å². The molecule has 1 fully saturated rings. The number of ether oxygens (including phenoxy) is 1. The summed E-state index contributed by atoms with van der Waals surface area (Å²) in [5.74, 6) is -0.702. The highest BCUT2D eigenvalue weighted by Crippen LogP contribution is 2.56. The Morgan fingerprint density at radius 1 is 1.31 bits per heavy atom. The first kappa shape index (κ1) is 13.8. The lowest BCUT2D eigenvalue weighted by Crippen LogP contribution is -2.32. The SMILES string of the molecule is CCOP(=O)(OCC)[C@@H]1CC(=O)C[C@@H](C)O1. The monoisotopic (exact) mass is 250 g/mol. The second kappa shape index (κ2) is 5.92. The molecular weight excluding hydrogens is 231 g/mol. The molecule has 0 aromatic carbocycles. The maximum Gasteiger partial charge on any atom is 0.359 e. The second-order valence-corrected chi connectivity index (χ2v) is 5.90. The van der Waals surface area contributed by atoms with Gasteiger partial charge in [-0.1, -0.05) is 0 Å². The number of rotatable bonds is 5. The maximum atomic E-state index is 12.3. The molecule has 1 aliphatic heterocycles. The minimum Gasteiger partial charge on any atom is -0.362 e. The number of ketones is 1. The van der Waals surface area contributed by atoms with Gasteiger partial charge in [0.25, 0.3) is 0 Å². The van der Waals surface area contributed by atoms with E-state index in [0.717, 1.165) is 0 Å². The zero-order valence-corrected chi connectivity index (χ0v) is 10.9. The first-order valence-electron chi connectivity index (χ1n) is 5.57. The molecular formula is C10H19O5P. The van der Waals surface area contributed by atoms with E-state index >= 15 is 0 Å². The van der Waals surface area contributed by atoms with Gasteiger partial charge in [-0.05, 0) is 20.8 Å². The predicted molar refractivity (Wildman–Crippen MR) is 59.4 cm³/mol. The Kier molecular flexibility index (Phi) is 5.12.